The molecule has 2 aliphatic rings. The summed E-state index contributed by atoms with van der Waals surface area (Å²) in [5.74, 6) is 1.74. The number of aromatic amines is 1. The van der Waals surface area contributed by atoms with Gasteiger partial charge in [-0.15, -0.1) is 11.3 Å². The zero-order chi connectivity index (χ0) is 26.2. The Morgan fingerprint density at radius 3 is 2.69 bits per heavy atom. The number of pyridine rings is 1. The van der Waals surface area contributed by atoms with E-state index < -0.39 is 0 Å². The van der Waals surface area contributed by atoms with Crippen molar-refractivity contribution in [2.45, 2.75) is 6.54 Å². The first kappa shape index (κ1) is 24.1. The number of carbonyl (C=O) groups excluding carboxylic acids is 1. The van der Waals surface area contributed by atoms with Crippen LogP contribution in [0.25, 0.3) is 32.5 Å². The van der Waals surface area contributed by atoms with Crippen LogP contribution in [-0.2, 0) is 11.3 Å². The van der Waals surface area contributed by atoms with E-state index >= 15 is 0 Å². The summed E-state index contributed by atoms with van der Waals surface area (Å²) >= 11 is 1.77. The van der Waals surface area contributed by atoms with Gasteiger partial charge in [0.1, 0.15) is 0 Å². The lowest BCUT2D eigenvalue weighted by Crippen LogP contribution is -2.48. The van der Waals surface area contributed by atoms with Gasteiger partial charge in [0, 0.05) is 74.0 Å². The number of rotatable bonds is 5. The molecule has 6 heterocycles. The molecule has 39 heavy (non-hydrogen) atoms. The van der Waals surface area contributed by atoms with Crippen molar-refractivity contribution in [2.24, 2.45) is 0 Å². The number of benzene rings is 1. The number of ether oxygens (including phenoxy) is 1. The van der Waals surface area contributed by atoms with Crippen molar-refractivity contribution in [3.8, 4) is 11.4 Å². The van der Waals surface area contributed by atoms with Gasteiger partial charge in [0.15, 0.2) is 11.6 Å². The second-order valence-corrected chi connectivity index (χ2v) is 11.0. The summed E-state index contributed by atoms with van der Waals surface area (Å²) in [6.07, 6.45) is 5.17. The third-order valence-electron chi connectivity index (χ3n) is 7.39. The van der Waals surface area contributed by atoms with Gasteiger partial charge in [-0.1, -0.05) is 12.1 Å². The van der Waals surface area contributed by atoms with Crippen LogP contribution in [0.5, 0.6) is 0 Å². The Bertz CT molecular complexity index is 1620. The Kier molecular flexibility index (Phi) is 6.39. The highest BCUT2D eigenvalue weighted by atomic mass is 32.1. The minimum Gasteiger partial charge on any atom is -0.378 e. The highest BCUT2D eigenvalue weighted by Crippen LogP contribution is 2.36. The molecule has 4 aromatic heterocycles. The lowest BCUT2D eigenvalue weighted by molar-refractivity contribution is 0.0629. The Labute approximate surface area is 229 Å². The van der Waals surface area contributed by atoms with Crippen LogP contribution in [0.2, 0.25) is 0 Å². The van der Waals surface area contributed by atoms with E-state index in [9.17, 15) is 4.79 Å². The van der Waals surface area contributed by atoms with Crippen molar-refractivity contribution in [3.63, 3.8) is 0 Å². The molecule has 1 N–H and O–H groups in total. The smallest absolute Gasteiger partial charge is 0.255 e. The van der Waals surface area contributed by atoms with E-state index in [1.807, 2.05) is 29.3 Å². The summed E-state index contributed by atoms with van der Waals surface area (Å²) in [7, 11) is 0. The first-order valence-corrected chi connectivity index (χ1v) is 14.0. The van der Waals surface area contributed by atoms with Gasteiger partial charge in [-0.2, -0.15) is 5.10 Å². The Morgan fingerprint density at radius 1 is 1.00 bits per heavy atom. The molecule has 5 aromatic rings. The molecule has 0 bridgehead atoms. The van der Waals surface area contributed by atoms with Crippen LogP contribution in [0.4, 0.5) is 5.82 Å². The molecular weight excluding hydrogens is 512 g/mol. The van der Waals surface area contributed by atoms with Crippen molar-refractivity contribution in [1.82, 2.24) is 34.9 Å². The first-order chi connectivity index (χ1) is 19.2. The second kappa shape index (κ2) is 10.3. The number of piperazine rings is 1. The monoisotopic (exact) mass is 540 g/mol. The van der Waals surface area contributed by atoms with Crippen molar-refractivity contribution in [2.75, 3.05) is 57.4 Å². The summed E-state index contributed by atoms with van der Waals surface area (Å²) in [5, 5.41) is 8.29. The van der Waals surface area contributed by atoms with Crippen LogP contribution in [0.1, 0.15) is 15.2 Å². The summed E-state index contributed by atoms with van der Waals surface area (Å²) in [5.41, 5.74) is 3.55. The molecule has 2 saturated heterocycles. The van der Waals surface area contributed by atoms with E-state index in [1.54, 1.807) is 29.8 Å². The quantitative estimate of drug-likeness (QED) is 0.362. The largest absolute Gasteiger partial charge is 0.378 e. The Morgan fingerprint density at radius 2 is 1.87 bits per heavy atom. The molecule has 0 aliphatic carbocycles. The fourth-order valence-corrected chi connectivity index (χ4v) is 6.47. The van der Waals surface area contributed by atoms with Crippen molar-refractivity contribution < 1.29 is 9.53 Å². The van der Waals surface area contributed by atoms with Gasteiger partial charge < -0.3 is 14.5 Å². The molecule has 1 amide bonds. The van der Waals surface area contributed by atoms with Gasteiger partial charge in [-0.3, -0.25) is 19.8 Å². The number of amides is 1. The van der Waals surface area contributed by atoms with Gasteiger partial charge in [0.2, 0.25) is 0 Å². The van der Waals surface area contributed by atoms with Crippen LogP contribution >= 0.6 is 11.3 Å². The predicted molar refractivity (Wildman–Crippen MR) is 151 cm³/mol. The molecule has 0 radical (unpaired) electrons. The van der Waals surface area contributed by atoms with E-state index in [2.05, 4.69) is 37.1 Å². The van der Waals surface area contributed by atoms with Crippen molar-refractivity contribution in [1.29, 1.82) is 0 Å². The number of H-pyrrole nitrogens is 1. The number of hydrogen-bond acceptors (Lipinski definition) is 9. The van der Waals surface area contributed by atoms with E-state index in [0.717, 1.165) is 65.2 Å². The summed E-state index contributed by atoms with van der Waals surface area (Å²) in [6, 6.07) is 11.9. The highest BCUT2D eigenvalue weighted by molar-refractivity contribution is 7.19. The molecule has 0 unspecified atom stereocenters. The standard InChI is InChI=1S/C28H28N8O2S/c37-28(19-3-2-6-29-16-19)36-9-7-34(8-10-36)18-20-15-24-25(39-20)27(35-11-13-38-14-12-35)32-26(31-24)21-4-1-5-23-22(21)17-30-33-23/h1-6,15-17H,7-14,18H2,(H,30,33). The molecule has 0 spiro atoms. The van der Waals surface area contributed by atoms with Gasteiger partial charge >= 0.3 is 0 Å². The van der Waals surface area contributed by atoms with Crippen molar-refractivity contribution >= 4 is 44.2 Å². The second-order valence-electron chi connectivity index (χ2n) is 9.84. The van der Waals surface area contributed by atoms with Crippen LogP contribution in [0, 0.1) is 0 Å². The normalized spacial score (nSPS) is 16.8. The maximum absolute atomic E-state index is 12.8. The zero-order valence-corrected chi connectivity index (χ0v) is 22.2. The third kappa shape index (κ3) is 4.73. The van der Waals surface area contributed by atoms with Crippen LogP contribution in [-0.4, -0.2) is 93.3 Å². The number of carbonyl (C=O) groups is 1. The SMILES string of the molecule is O=C(c1cccnc1)N1CCN(Cc2cc3nc(-c4cccc5[nH]ncc45)nc(N4CCOCC4)c3s2)CC1. The van der Waals surface area contributed by atoms with Crippen LogP contribution < -0.4 is 4.90 Å². The van der Waals surface area contributed by atoms with E-state index in [0.29, 0.717) is 37.7 Å². The molecule has 7 rings (SSSR count). The number of hydrogen-bond donors (Lipinski definition) is 1. The minimum absolute atomic E-state index is 0.0511. The number of fused-ring (bicyclic) bond motifs is 2. The van der Waals surface area contributed by atoms with E-state index in [-0.39, 0.29) is 5.91 Å². The number of morpholine rings is 1. The average molecular weight is 541 g/mol. The predicted octanol–water partition coefficient (Wildman–Crippen LogP) is 3.42. The van der Waals surface area contributed by atoms with Crippen LogP contribution in [0.3, 0.4) is 0 Å². The summed E-state index contributed by atoms with van der Waals surface area (Å²) in [6.45, 7) is 6.89. The summed E-state index contributed by atoms with van der Waals surface area (Å²) < 4.78 is 6.73. The minimum atomic E-state index is 0.0511. The highest BCUT2D eigenvalue weighted by Gasteiger charge is 2.25. The number of nitrogens with one attached hydrogen (secondary N) is 1. The van der Waals surface area contributed by atoms with Crippen molar-refractivity contribution in [3.05, 3.63) is 65.4 Å². The molecule has 0 saturated carbocycles. The maximum Gasteiger partial charge on any atom is 0.255 e. The fourth-order valence-electron chi connectivity index (χ4n) is 5.32. The van der Waals surface area contributed by atoms with Gasteiger partial charge in [-0.25, -0.2) is 9.97 Å². The molecule has 11 heteroatoms. The molecule has 10 nitrogen and oxygen atoms in total. The number of anilines is 1. The number of thiophene rings is 1. The summed E-state index contributed by atoms with van der Waals surface area (Å²) in [4.78, 5) is 34.9. The number of nitrogens with zero attached hydrogens (tertiary/aromatic N) is 7. The first-order valence-electron chi connectivity index (χ1n) is 13.2. The molecule has 2 aliphatic heterocycles. The Hall–Kier alpha value is -3.93. The van der Waals surface area contributed by atoms with Gasteiger partial charge in [-0.05, 0) is 24.3 Å². The molecule has 2 fully saturated rings. The topological polar surface area (TPSA) is 103 Å². The lowest BCUT2D eigenvalue weighted by atomic mass is 10.1. The maximum atomic E-state index is 12.8. The van der Waals surface area contributed by atoms with Gasteiger partial charge in [0.05, 0.1) is 40.7 Å². The molecule has 1 aromatic carbocycles. The average Bonchev–Trinajstić information content (AvgIpc) is 3.64. The zero-order valence-electron chi connectivity index (χ0n) is 21.4. The third-order valence-corrected chi connectivity index (χ3v) is 8.49. The fraction of sp³-hybridized carbons (Fsp3) is 0.321. The molecule has 0 atom stereocenters. The van der Waals surface area contributed by atoms with E-state index in [1.165, 1.54) is 4.88 Å². The van der Waals surface area contributed by atoms with Gasteiger partial charge in [0.25, 0.3) is 5.91 Å². The number of aromatic nitrogens is 5. The Balaban J connectivity index is 1.16. The van der Waals surface area contributed by atoms with E-state index in [4.69, 9.17) is 14.7 Å². The van der Waals surface area contributed by atoms with Crippen LogP contribution in [0.15, 0.2) is 55.0 Å². The lowest BCUT2D eigenvalue weighted by Gasteiger charge is -2.34. The molecule has 198 valence electrons. The molecular formula is C28H28N8O2S.